The molecule has 1 aliphatic carbocycles. The highest BCUT2D eigenvalue weighted by molar-refractivity contribution is 6.76. The van der Waals surface area contributed by atoms with Gasteiger partial charge in [-0.15, -0.1) is 0 Å². The number of ether oxygens (including phenoxy) is 2. The van der Waals surface area contributed by atoms with Gasteiger partial charge in [0.15, 0.2) is 0 Å². The van der Waals surface area contributed by atoms with Crippen LogP contribution in [0.4, 0.5) is 0 Å². The van der Waals surface area contributed by atoms with Crippen LogP contribution in [0.5, 0.6) is 0 Å². The van der Waals surface area contributed by atoms with Gasteiger partial charge in [-0.25, -0.2) is 0 Å². The van der Waals surface area contributed by atoms with E-state index >= 15 is 0 Å². The molecule has 21 heavy (non-hydrogen) atoms. The molecule has 0 bridgehead atoms. The van der Waals surface area contributed by atoms with E-state index in [0.717, 1.165) is 5.92 Å². The Hall–Kier alpha value is 0.0969. The fourth-order valence-electron chi connectivity index (χ4n) is 4.11. The molecule has 0 aromatic carbocycles. The van der Waals surface area contributed by atoms with Gasteiger partial charge in [-0.1, -0.05) is 34.1 Å². The van der Waals surface area contributed by atoms with Crippen molar-refractivity contribution in [3.63, 3.8) is 0 Å². The Bertz CT molecular complexity index is 324. The molecule has 0 spiro atoms. The Morgan fingerprint density at radius 2 is 1.71 bits per heavy atom. The molecule has 2 rings (SSSR count). The molecule has 0 aromatic heterocycles. The Labute approximate surface area is 131 Å². The molecule has 0 amide bonds. The number of hydrogen-bond donors (Lipinski definition) is 0. The molecule has 2 fully saturated rings. The van der Waals surface area contributed by atoms with Crippen molar-refractivity contribution in [3.8, 4) is 0 Å². The van der Waals surface area contributed by atoms with Crippen LogP contribution in [-0.4, -0.2) is 33.9 Å². The SMILES string of the molecule is COC(C)O[Si](CCC1CCC2OC2C1)(C(C)C)C(C)C. The third-order valence-electron chi connectivity index (χ3n) is 5.73. The number of methoxy groups -OCH3 is 1. The van der Waals surface area contributed by atoms with E-state index in [0.29, 0.717) is 23.3 Å². The molecular formula is C17H34O3Si. The first-order chi connectivity index (χ1) is 9.89. The van der Waals surface area contributed by atoms with Gasteiger partial charge in [0, 0.05) is 7.11 Å². The maximum atomic E-state index is 6.52. The Morgan fingerprint density at radius 1 is 1.05 bits per heavy atom. The first-order valence-corrected chi connectivity index (χ1v) is 11.0. The van der Waals surface area contributed by atoms with E-state index in [-0.39, 0.29) is 6.29 Å². The molecule has 0 radical (unpaired) electrons. The Morgan fingerprint density at radius 3 is 2.24 bits per heavy atom. The van der Waals surface area contributed by atoms with Gasteiger partial charge in [0.1, 0.15) is 6.29 Å². The summed E-state index contributed by atoms with van der Waals surface area (Å²) in [6, 6.07) is 1.26. The summed E-state index contributed by atoms with van der Waals surface area (Å²) in [7, 11) is -0.0463. The molecule has 0 N–H and O–H groups in total. The first kappa shape index (κ1) is 17.5. The summed E-state index contributed by atoms with van der Waals surface area (Å²) < 4.78 is 17.6. The molecule has 3 nitrogen and oxygen atoms in total. The Kier molecular flexibility index (Phi) is 5.91. The predicted molar refractivity (Wildman–Crippen MR) is 88.9 cm³/mol. The zero-order valence-electron chi connectivity index (χ0n) is 14.7. The summed E-state index contributed by atoms with van der Waals surface area (Å²) in [5.74, 6) is 0.847. The molecule has 1 saturated carbocycles. The third kappa shape index (κ3) is 4.09. The van der Waals surface area contributed by atoms with Crippen LogP contribution >= 0.6 is 0 Å². The monoisotopic (exact) mass is 314 g/mol. The molecule has 0 aromatic rings. The van der Waals surface area contributed by atoms with Crippen molar-refractivity contribution in [2.24, 2.45) is 5.92 Å². The normalized spacial score (nSPS) is 30.6. The number of epoxide rings is 1. The van der Waals surface area contributed by atoms with E-state index in [9.17, 15) is 0 Å². The maximum absolute atomic E-state index is 6.52. The average Bonchev–Trinajstić information content (AvgIpc) is 3.20. The Balaban J connectivity index is 1.96. The number of hydrogen-bond acceptors (Lipinski definition) is 3. The van der Waals surface area contributed by atoms with Gasteiger partial charge in [0.25, 0.3) is 0 Å². The fraction of sp³-hybridized carbons (Fsp3) is 1.00. The fourth-order valence-corrected chi connectivity index (χ4v) is 8.83. The zero-order chi connectivity index (χ0) is 15.6. The molecule has 1 aliphatic heterocycles. The van der Waals surface area contributed by atoms with Gasteiger partial charge in [-0.05, 0) is 49.2 Å². The van der Waals surface area contributed by atoms with Crippen molar-refractivity contribution >= 4 is 8.32 Å². The van der Waals surface area contributed by atoms with Gasteiger partial charge >= 0.3 is 0 Å². The van der Waals surface area contributed by atoms with E-state index in [2.05, 4.69) is 27.7 Å². The standard InChI is InChI=1S/C17H34O3Si/c1-12(2)21(13(3)4,20-14(5)18-6)10-9-15-7-8-16-17(11-15)19-16/h12-17H,7-11H2,1-6H3. The molecule has 124 valence electrons. The van der Waals surface area contributed by atoms with Crippen LogP contribution in [0.25, 0.3) is 0 Å². The van der Waals surface area contributed by atoms with Crippen molar-refractivity contribution in [3.05, 3.63) is 0 Å². The number of fused-ring (bicyclic) bond motifs is 1. The van der Waals surface area contributed by atoms with Crippen molar-refractivity contribution in [2.45, 2.75) is 95.9 Å². The molecular weight excluding hydrogens is 280 g/mol. The lowest BCUT2D eigenvalue weighted by molar-refractivity contribution is -0.0493. The molecule has 1 saturated heterocycles. The quantitative estimate of drug-likeness (QED) is 0.369. The highest BCUT2D eigenvalue weighted by atomic mass is 28.4. The minimum Gasteiger partial charge on any atom is -0.392 e. The first-order valence-electron chi connectivity index (χ1n) is 8.75. The van der Waals surface area contributed by atoms with Gasteiger partial charge in [0.05, 0.1) is 12.2 Å². The summed E-state index contributed by atoms with van der Waals surface area (Å²) >= 11 is 0. The second-order valence-corrected chi connectivity index (χ2v) is 12.6. The zero-order valence-corrected chi connectivity index (χ0v) is 15.7. The molecule has 2 aliphatic rings. The summed E-state index contributed by atoms with van der Waals surface area (Å²) in [6.45, 7) is 11.4. The topological polar surface area (TPSA) is 31.0 Å². The van der Waals surface area contributed by atoms with Gasteiger partial charge < -0.3 is 13.9 Å². The minimum absolute atomic E-state index is 0.0797. The van der Waals surface area contributed by atoms with Gasteiger partial charge in [-0.3, -0.25) is 0 Å². The summed E-state index contributed by atoms with van der Waals surface area (Å²) in [5, 5.41) is 0. The largest absolute Gasteiger partial charge is 0.392 e. The van der Waals surface area contributed by atoms with E-state index < -0.39 is 8.32 Å². The van der Waals surface area contributed by atoms with Crippen LogP contribution in [0.3, 0.4) is 0 Å². The summed E-state index contributed by atoms with van der Waals surface area (Å²) in [6.07, 6.45) is 6.35. The minimum atomic E-state index is -1.79. The van der Waals surface area contributed by atoms with E-state index in [1.54, 1.807) is 7.11 Å². The van der Waals surface area contributed by atoms with Crippen molar-refractivity contribution in [1.82, 2.24) is 0 Å². The second kappa shape index (κ2) is 7.11. The molecule has 4 atom stereocenters. The van der Waals surface area contributed by atoms with E-state index in [4.69, 9.17) is 13.9 Å². The predicted octanol–water partition coefficient (Wildman–Crippen LogP) is 4.72. The van der Waals surface area contributed by atoms with E-state index in [1.165, 1.54) is 31.7 Å². The van der Waals surface area contributed by atoms with Crippen molar-refractivity contribution < 1.29 is 13.9 Å². The van der Waals surface area contributed by atoms with Crippen molar-refractivity contribution in [1.29, 1.82) is 0 Å². The average molecular weight is 315 g/mol. The highest BCUT2D eigenvalue weighted by Gasteiger charge is 2.46. The van der Waals surface area contributed by atoms with Crippen LogP contribution in [0, 0.1) is 5.92 Å². The van der Waals surface area contributed by atoms with Crippen LogP contribution in [-0.2, 0) is 13.9 Å². The lowest BCUT2D eigenvalue weighted by Gasteiger charge is -2.41. The van der Waals surface area contributed by atoms with Crippen LogP contribution in [0.15, 0.2) is 0 Å². The lowest BCUT2D eigenvalue weighted by Crippen LogP contribution is -2.47. The summed E-state index contributed by atoms with van der Waals surface area (Å²) in [4.78, 5) is 0. The van der Waals surface area contributed by atoms with Crippen LogP contribution in [0.1, 0.15) is 60.3 Å². The van der Waals surface area contributed by atoms with Crippen LogP contribution in [0.2, 0.25) is 17.1 Å². The van der Waals surface area contributed by atoms with Crippen LogP contribution < -0.4 is 0 Å². The lowest BCUT2D eigenvalue weighted by atomic mass is 9.87. The second-order valence-electron chi connectivity index (χ2n) is 7.62. The van der Waals surface area contributed by atoms with Gasteiger partial charge in [0.2, 0.25) is 8.32 Å². The molecule has 4 unspecified atom stereocenters. The van der Waals surface area contributed by atoms with E-state index in [1.807, 2.05) is 6.92 Å². The highest BCUT2D eigenvalue weighted by Crippen LogP contribution is 2.44. The third-order valence-corrected chi connectivity index (χ3v) is 11.5. The van der Waals surface area contributed by atoms with Gasteiger partial charge in [-0.2, -0.15) is 0 Å². The smallest absolute Gasteiger partial charge is 0.201 e. The summed E-state index contributed by atoms with van der Waals surface area (Å²) in [5.41, 5.74) is 1.26. The number of rotatable bonds is 8. The molecule has 4 heteroatoms. The maximum Gasteiger partial charge on any atom is 0.201 e. The van der Waals surface area contributed by atoms with Crippen molar-refractivity contribution in [2.75, 3.05) is 7.11 Å². The molecule has 1 heterocycles.